The van der Waals surface area contributed by atoms with Crippen LogP contribution >= 0.6 is 0 Å². The van der Waals surface area contributed by atoms with Crippen molar-refractivity contribution in [2.75, 3.05) is 4.90 Å². The van der Waals surface area contributed by atoms with Gasteiger partial charge in [-0.15, -0.1) is 0 Å². The number of nitrogens with zero attached hydrogens (tertiary/aromatic N) is 1. The van der Waals surface area contributed by atoms with Crippen LogP contribution in [0.2, 0.25) is 0 Å². The molecule has 0 amide bonds. The van der Waals surface area contributed by atoms with Crippen molar-refractivity contribution in [3.8, 4) is 11.5 Å². The van der Waals surface area contributed by atoms with Gasteiger partial charge in [-0.05, 0) is 41.0 Å². The van der Waals surface area contributed by atoms with Crippen LogP contribution in [0, 0.1) is 0 Å². The maximum absolute atomic E-state index is 6.89. The largest absolute Gasteiger partial charge is 0.454 e. The minimum Gasteiger partial charge on any atom is -0.454 e. The van der Waals surface area contributed by atoms with Gasteiger partial charge in [0.05, 0.1) is 22.3 Å². The zero-order chi connectivity index (χ0) is 26.7. The van der Waals surface area contributed by atoms with Gasteiger partial charge in [0, 0.05) is 45.1 Å². The topological polar surface area (TPSA) is 28.3 Å². The highest BCUT2D eigenvalue weighted by Crippen LogP contribution is 2.65. The summed E-state index contributed by atoms with van der Waals surface area (Å²) in [6, 6.07) is 37.6. The van der Waals surface area contributed by atoms with Crippen molar-refractivity contribution in [2.24, 2.45) is 0 Å². The van der Waals surface area contributed by atoms with Crippen molar-refractivity contribution < 1.29 is 4.74 Å². The third kappa shape index (κ3) is 2.51. The summed E-state index contributed by atoms with van der Waals surface area (Å²) in [5.74, 6) is 1.81. The number of anilines is 2. The smallest absolute Gasteiger partial charge is 0.156 e. The summed E-state index contributed by atoms with van der Waals surface area (Å²) in [6.07, 6.45) is 9.82. The Kier molecular flexibility index (Phi) is 3.92. The molecule has 1 aliphatic carbocycles. The van der Waals surface area contributed by atoms with Gasteiger partial charge >= 0.3 is 0 Å². The van der Waals surface area contributed by atoms with Gasteiger partial charge in [-0.3, -0.25) is 0 Å². The highest BCUT2D eigenvalue weighted by molar-refractivity contribution is 6.10. The lowest BCUT2D eigenvalue weighted by Crippen LogP contribution is -2.41. The normalized spacial score (nSPS) is 19.1. The maximum Gasteiger partial charge on any atom is 0.156 e. The molecule has 3 heteroatoms. The maximum atomic E-state index is 6.89. The molecule has 1 aromatic heterocycles. The van der Waals surface area contributed by atoms with Gasteiger partial charge in [-0.1, -0.05) is 103 Å². The summed E-state index contributed by atoms with van der Waals surface area (Å²) >= 11 is 0. The number of para-hydroxylation sites is 4. The van der Waals surface area contributed by atoms with Crippen LogP contribution in [0.4, 0.5) is 11.4 Å². The summed E-state index contributed by atoms with van der Waals surface area (Å²) in [5.41, 5.74) is 13.0. The lowest BCUT2D eigenvalue weighted by molar-refractivity contribution is 0.438. The van der Waals surface area contributed by atoms with E-state index in [1.54, 1.807) is 0 Å². The molecule has 192 valence electrons. The van der Waals surface area contributed by atoms with Crippen molar-refractivity contribution in [1.29, 1.82) is 0 Å². The number of hydrogen-bond acceptors (Lipinski definition) is 2. The molecule has 0 fully saturated rings. The first-order valence-corrected chi connectivity index (χ1v) is 14.3. The number of benzene rings is 5. The van der Waals surface area contributed by atoms with Gasteiger partial charge in [0.25, 0.3) is 0 Å². The number of rotatable bonds is 0. The zero-order valence-electron chi connectivity index (χ0n) is 22.2. The summed E-state index contributed by atoms with van der Waals surface area (Å²) in [4.78, 5) is 6.24. The van der Waals surface area contributed by atoms with Crippen LogP contribution in [0.1, 0.15) is 34.2 Å². The molecule has 3 aliphatic heterocycles. The number of allylic oxidation sites excluding steroid dienone is 5. The molecule has 4 heterocycles. The number of ether oxygens (including phenoxy) is 1. The molecule has 41 heavy (non-hydrogen) atoms. The molecular formula is C38H24N2O. The Morgan fingerprint density at radius 3 is 2.44 bits per heavy atom. The molecule has 2 bridgehead atoms. The fraction of sp³-hybridized carbons (Fsp3) is 0.0526. The van der Waals surface area contributed by atoms with E-state index in [4.69, 9.17) is 4.74 Å². The van der Waals surface area contributed by atoms with Crippen molar-refractivity contribution in [2.45, 2.75) is 11.8 Å². The molecule has 0 saturated carbocycles. The van der Waals surface area contributed by atoms with Crippen LogP contribution < -0.4 is 9.64 Å². The van der Waals surface area contributed by atoms with E-state index in [2.05, 4.69) is 137 Å². The van der Waals surface area contributed by atoms with Gasteiger partial charge in [0.2, 0.25) is 0 Å². The second-order valence-electron chi connectivity index (χ2n) is 11.3. The Labute approximate surface area is 237 Å². The summed E-state index contributed by atoms with van der Waals surface area (Å²) in [5, 5.41) is 2.40. The summed E-state index contributed by atoms with van der Waals surface area (Å²) in [6.45, 7) is 0. The highest BCUT2D eigenvalue weighted by atomic mass is 16.5. The molecule has 0 radical (unpaired) electrons. The molecule has 0 saturated heterocycles. The standard InChI is InChI=1S/C38H24N2O/c1-2-11-24-22-23(10-1)25-13-9-16-30-36(25)40(24)33-18-7-4-14-28(33)38(30)29-15-5-8-19-34(29)41-37-31(38)21-20-27-26-12-3-6-17-32(26)39-35(27)37/h1-21,39H,22H2. The third-order valence-electron chi connectivity index (χ3n) is 9.46. The van der Waals surface area contributed by atoms with E-state index >= 15 is 0 Å². The molecule has 1 N–H and O–H groups in total. The SMILES string of the molecule is C1=CC=C2CC(=C1)c1cccc3c1N2c1ccccc1C31c2ccccc2Oc2c1ccc1c2[nH]c2ccccc21. The predicted molar refractivity (Wildman–Crippen MR) is 166 cm³/mol. The number of nitrogens with one attached hydrogen (secondary N) is 1. The van der Waals surface area contributed by atoms with Crippen LogP contribution in [0.25, 0.3) is 27.4 Å². The molecule has 5 aromatic carbocycles. The monoisotopic (exact) mass is 524 g/mol. The van der Waals surface area contributed by atoms with Crippen LogP contribution in [0.5, 0.6) is 11.5 Å². The van der Waals surface area contributed by atoms with E-state index in [9.17, 15) is 0 Å². The third-order valence-corrected chi connectivity index (χ3v) is 9.46. The van der Waals surface area contributed by atoms with Gasteiger partial charge in [0.15, 0.2) is 5.75 Å². The Morgan fingerprint density at radius 2 is 1.46 bits per heavy atom. The molecule has 6 aromatic rings. The zero-order valence-corrected chi connectivity index (χ0v) is 22.2. The van der Waals surface area contributed by atoms with Gasteiger partial charge < -0.3 is 14.6 Å². The van der Waals surface area contributed by atoms with Crippen molar-refractivity contribution in [3.63, 3.8) is 0 Å². The number of hydrogen-bond donors (Lipinski definition) is 1. The minimum absolute atomic E-state index is 0.552. The predicted octanol–water partition coefficient (Wildman–Crippen LogP) is 9.50. The van der Waals surface area contributed by atoms with Crippen LogP contribution in [0.15, 0.2) is 133 Å². The van der Waals surface area contributed by atoms with E-state index < -0.39 is 5.41 Å². The second kappa shape index (κ2) is 7.47. The first kappa shape index (κ1) is 21.5. The number of H-pyrrole nitrogens is 1. The van der Waals surface area contributed by atoms with E-state index in [0.717, 1.165) is 29.0 Å². The van der Waals surface area contributed by atoms with Crippen molar-refractivity contribution >= 4 is 38.8 Å². The van der Waals surface area contributed by atoms with E-state index in [0.29, 0.717) is 0 Å². The quantitative estimate of drug-likeness (QED) is 0.214. The average Bonchev–Trinajstić information content (AvgIpc) is 3.28. The van der Waals surface area contributed by atoms with Gasteiger partial charge in [-0.2, -0.15) is 0 Å². The Hall–Kier alpha value is -5.28. The molecular weight excluding hydrogens is 500 g/mol. The van der Waals surface area contributed by atoms with Crippen LogP contribution in [-0.2, 0) is 5.41 Å². The Morgan fingerprint density at radius 1 is 0.659 bits per heavy atom. The second-order valence-corrected chi connectivity index (χ2v) is 11.3. The fourth-order valence-electron chi connectivity index (χ4n) is 7.88. The summed E-state index contributed by atoms with van der Waals surface area (Å²) < 4.78 is 6.89. The molecule has 10 rings (SSSR count). The van der Waals surface area contributed by atoms with E-state index in [1.807, 2.05) is 0 Å². The number of aromatic amines is 1. The van der Waals surface area contributed by atoms with Crippen molar-refractivity contribution in [1.82, 2.24) is 4.98 Å². The highest BCUT2D eigenvalue weighted by Gasteiger charge is 2.53. The molecule has 1 atom stereocenters. The van der Waals surface area contributed by atoms with Crippen molar-refractivity contribution in [3.05, 3.63) is 161 Å². The van der Waals surface area contributed by atoms with Crippen LogP contribution in [-0.4, -0.2) is 4.98 Å². The fourth-order valence-corrected chi connectivity index (χ4v) is 7.88. The lowest BCUT2D eigenvalue weighted by Gasteiger charge is -2.51. The minimum atomic E-state index is -0.552. The molecule has 1 unspecified atom stereocenters. The Balaban J connectivity index is 1.42. The lowest BCUT2D eigenvalue weighted by atomic mass is 9.60. The number of aromatic nitrogens is 1. The van der Waals surface area contributed by atoms with Gasteiger partial charge in [-0.25, -0.2) is 0 Å². The molecule has 1 spiro atoms. The van der Waals surface area contributed by atoms with Gasteiger partial charge in [0.1, 0.15) is 5.75 Å². The first-order valence-electron chi connectivity index (χ1n) is 14.3. The summed E-state index contributed by atoms with van der Waals surface area (Å²) in [7, 11) is 0. The number of fused-ring (bicyclic) bond motifs is 16. The van der Waals surface area contributed by atoms with E-state index in [-0.39, 0.29) is 0 Å². The Bertz CT molecular complexity index is 2230. The van der Waals surface area contributed by atoms with Crippen LogP contribution in [0.3, 0.4) is 0 Å². The molecule has 3 nitrogen and oxygen atoms in total. The molecule has 4 aliphatic rings. The first-order chi connectivity index (χ1) is 20.3. The average molecular weight is 525 g/mol. The van der Waals surface area contributed by atoms with E-state index in [1.165, 1.54) is 61.2 Å².